The van der Waals surface area contributed by atoms with Gasteiger partial charge in [-0.2, -0.15) is 0 Å². The van der Waals surface area contributed by atoms with Gasteiger partial charge >= 0.3 is 0 Å². The highest BCUT2D eigenvalue weighted by Crippen LogP contribution is 2.31. The van der Waals surface area contributed by atoms with E-state index in [0.29, 0.717) is 0 Å². The number of aryl methyl sites for hydroxylation is 1. The molecule has 0 radical (unpaired) electrons. The summed E-state index contributed by atoms with van der Waals surface area (Å²) in [7, 11) is 0. The second kappa shape index (κ2) is 6.53. The van der Waals surface area contributed by atoms with Crippen LogP contribution in [0.1, 0.15) is 35.1 Å². The summed E-state index contributed by atoms with van der Waals surface area (Å²) in [6, 6.07) is 6.93. The summed E-state index contributed by atoms with van der Waals surface area (Å²) < 4.78 is 5.74. The van der Waals surface area contributed by atoms with E-state index in [-0.39, 0.29) is 0 Å². The molecule has 4 heteroatoms. The maximum atomic E-state index is 5.74. The Bertz CT molecular complexity index is 955. The van der Waals surface area contributed by atoms with Crippen LogP contribution in [0.2, 0.25) is 0 Å². The quantitative estimate of drug-likeness (QED) is 0.730. The monoisotopic (exact) mass is 347 g/mol. The summed E-state index contributed by atoms with van der Waals surface area (Å²) in [5.41, 5.74) is 8.86. The van der Waals surface area contributed by atoms with Crippen molar-refractivity contribution in [3.8, 4) is 11.1 Å². The molecule has 2 aliphatic rings. The molecule has 0 bridgehead atoms. The van der Waals surface area contributed by atoms with Crippen LogP contribution in [0, 0.1) is 12.8 Å². The third-order valence-corrected chi connectivity index (χ3v) is 5.71. The SMILES string of the molecule is Cc1c[nH]c2ncc(-c3cc4c(c(CNCC5CC5)c3)COCC4)cc12. The Morgan fingerprint density at radius 3 is 3.04 bits per heavy atom. The van der Waals surface area contributed by atoms with Gasteiger partial charge in [0, 0.05) is 29.9 Å². The molecule has 0 amide bonds. The van der Waals surface area contributed by atoms with E-state index in [2.05, 4.69) is 40.4 Å². The number of ether oxygens (including phenoxy) is 1. The molecule has 0 spiro atoms. The highest BCUT2D eigenvalue weighted by atomic mass is 16.5. The van der Waals surface area contributed by atoms with Crippen LogP contribution in [-0.2, 0) is 24.3 Å². The lowest BCUT2D eigenvalue weighted by Crippen LogP contribution is -2.20. The van der Waals surface area contributed by atoms with Gasteiger partial charge in [-0.25, -0.2) is 4.98 Å². The normalized spacial score (nSPS) is 16.8. The van der Waals surface area contributed by atoms with Gasteiger partial charge in [-0.3, -0.25) is 0 Å². The van der Waals surface area contributed by atoms with Gasteiger partial charge in [0.05, 0.1) is 13.2 Å². The van der Waals surface area contributed by atoms with Crippen LogP contribution in [0.4, 0.5) is 0 Å². The summed E-state index contributed by atoms with van der Waals surface area (Å²) in [6.45, 7) is 5.75. The zero-order chi connectivity index (χ0) is 17.5. The van der Waals surface area contributed by atoms with E-state index in [1.807, 2.05) is 12.4 Å². The summed E-state index contributed by atoms with van der Waals surface area (Å²) in [6.07, 6.45) is 7.78. The van der Waals surface area contributed by atoms with Crippen LogP contribution in [0.25, 0.3) is 22.2 Å². The molecule has 1 saturated carbocycles. The van der Waals surface area contributed by atoms with Gasteiger partial charge in [0.1, 0.15) is 5.65 Å². The van der Waals surface area contributed by atoms with Crippen molar-refractivity contribution in [3.63, 3.8) is 0 Å². The Balaban J connectivity index is 1.52. The zero-order valence-electron chi connectivity index (χ0n) is 15.3. The summed E-state index contributed by atoms with van der Waals surface area (Å²) in [5.74, 6) is 0.897. The van der Waals surface area contributed by atoms with Crippen molar-refractivity contribution >= 4 is 11.0 Å². The van der Waals surface area contributed by atoms with Crippen molar-refractivity contribution in [2.75, 3.05) is 13.2 Å². The molecule has 0 unspecified atom stereocenters. The highest BCUT2D eigenvalue weighted by molar-refractivity contribution is 5.84. The van der Waals surface area contributed by atoms with E-state index in [0.717, 1.165) is 44.3 Å². The second-order valence-corrected chi connectivity index (χ2v) is 7.74. The summed E-state index contributed by atoms with van der Waals surface area (Å²) in [5, 5.41) is 4.86. The van der Waals surface area contributed by atoms with Crippen LogP contribution >= 0.6 is 0 Å². The maximum absolute atomic E-state index is 5.74. The van der Waals surface area contributed by atoms with Crippen LogP contribution in [-0.4, -0.2) is 23.1 Å². The third-order valence-electron chi connectivity index (χ3n) is 5.71. The van der Waals surface area contributed by atoms with Gasteiger partial charge in [0.15, 0.2) is 0 Å². The number of aromatic nitrogens is 2. The number of hydrogen-bond donors (Lipinski definition) is 2. The van der Waals surface area contributed by atoms with Gasteiger partial charge in [-0.05, 0) is 78.6 Å². The zero-order valence-corrected chi connectivity index (χ0v) is 15.3. The minimum atomic E-state index is 0.740. The van der Waals surface area contributed by atoms with Crippen LogP contribution in [0.15, 0.2) is 30.6 Å². The Hall–Kier alpha value is -2.17. The van der Waals surface area contributed by atoms with E-state index < -0.39 is 0 Å². The third kappa shape index (κ3) is 3.04. The molecule has 1 aliphatic carbocycles. The molecule has 3 aromatic rings. The molecule has 0 saturated heterocycles. The largest absolute Gasteiger partial charge is 0.376 e. The van der Waals surface area contributed by atoms with Crippen LogP contribution in [0.5, 0.6) is 0 Å². The minimum Gasteiger partial charge on any atom is -0.376 e. The number of H-pyrrole nitrogens is 1. The lowest BCUT2D eigenvalue weighted by molar-refractivity contribution is 0.110. The molecule has 5 rings (SSSR count). The number of pyridine rings is 1. The second-order valence-electron chi connectivity index (χ2n) is 7.74. The average molecular weight is 347 g/mol. The molecule has 1 aromatic carbocycles. The van der Waals surface area contributed by atoms with Crippen molar-refractivity contribution in [1.82, 2.24) is 15.3 Å². The molecule has 2 N–H and O–H groups in total. The van der Waals surface area contributed by atoms with Crippen molar-refractivity contribution in [1.29, 1.82) is 0 Å². The van der Waals surface area contributed by atoms with E-state index in [1.165, 1.54) is 51.6 Å². The molecular formula is C22H25N3O. The first-order chi connectivity index (χ1) is 12.8. The number of fused-ring (bicyclic) bond motifs is 2. The minimum absolute atomic E-state index is 0.740. The van der Waals surface area contributed by atoms with E-state index in [9.17, 15) is 0 Å². The van der Waals surface area contributed by atoms with Crippen molar-refractivity contribution < 1.29 is 4.74 Å². The highest BCUT2D eigenvalue weighted by Gasteiger charge is 2.21. The van der Waals surface area contributed by atoms with Gasteiger partial charge in [0.25, 0.3) is 0 Å². The average Bonchev–Trinajstić information content (AvgIpc) is 3.43. The van der Waals surface area contributed by atoms with Gasteiger partial charge < -0.3 is 15.0 Å². The van der Waals surface area contributed by atoms with Crippen molar-refractivity contribution in [3.05, 3.63) is 52.8 Å². The van der Waals surface area contributed by atoms with Crippen molar-refractivity contribution in [2.45, 2.75) is 39.3 Å². The fourth-order valence-electron chi connectivity index (χ4n) is 3.91. The van der Waals surface area contributed by atoms with Crippen LogP contribution in [0.3, 0.4) is 0 Å². The fraction of sp³-hybridized carbons (Fsp3) is 0.409. The number of hydrogen-bond acceptors (Lipinski definition) is 3. The van der Waals surface area contributed by atoms with Crippen molar-refractivity contribution in [2.24, 2.45) is 5.92 Å². The first-order valence-electron chi connectivity index (χ1n) is 9.65. The fourth-order valence-corrected chi connectivity index (χ4v) is 3.91. The predicted molar refractivity (Wildman–Crippen MR) is 104 cm³/mol. The molecular weight excluding hydrogens is 322 g/mol. The molecule has 0 atom stereocenters. The van der Waals surface area contributed by atoms with Gasteiger partial charge in [-0.15, -0.1) is 0 Å². The standard InChI is InChI=1S/C22H25N3O/c1-14-9-24-22-20(14)8-18(12-25-22)17-6-16-4-5-26-13-21(16)19(7-17)11-23-10-15-2-3-15/h6-9,12,15,23H,2-5,10-11,13H2,1H3,(H,24,25). The Morgan fingerprint density at radius 2 is 2.15 bits per heavy atom. The van der Waals surface area contributed by atoms with Gasteiger partial charge in [0.2, 0.25) is 0 Å². The Labute approximate surface area is 154 Å². The summed E-state index contributed by atoms with van der Waals surface area (Å²) in [4.78, 5) is 7.85. The molecule has 26 heavy (non-hydrogen) atoms. The van der Waals surface area contributed by atoms with Crippen LogP contribution < -0.4 is 5.32 Å². The predicted octanol–water partition coefficient (Wildman–Crippen LogP) is 4.11. The summed E-state index contributed by atoms with van der Waals surface area (Å²) >= 11 is 0. The van der Waals surface area contributed by atoms with E-state index >= 15 is 0 Å². The first-order valence-corrected chi connectivity index (χ1v) is 9.65. The number of aromatic amines is 1. The number of benzene rings is 1. The van der Waals surface area contributed by atoms with E-state index in [1.54, 1.807) is 0 Å². The number of nitrogens with zero attached hydrogens (tertiary/aromatic N) is 1. The molecule has 134 valence electrons. The number of rotatable bonds is 5. The Kier molecular flexibility index (Phi) is 4.03. The lowest BCUT2D eigenvalue weighted by Gasteiger charge is -2.22. The Morgan fingerprint density at radius 1 is 1.23 bits per heavy atom. The molecule has 2 aromatic heterocycles. The molecule has 1 aliphatic heterocycles. The lowest BCUT2D eigenvalue weighted by atomic mass is 9.92. The molecule has 3 heterocycles. The molecule has 4 nitrogen and oxygen atoms in total. The van der Waals surface area contributed by atoms with E-state index in [4.69, 9.17) is 4.74 Å². The number of nitrogens with one attached hydrogen (secondary N) is 2. The maximum Gasteiger partial charge on any atom is 0.137 e. The smallest absolute Gasteiger partial charge is 0.137 e. The molecule has 1 fully saturated rings. The topological polar surface area (TPSA) is 49.9 Å². The first kappa shape index (κ1) is 16.0. The van der Waals surface area contributed by atoms with Gasteiger partial charge in [-0.1, -0.05) is 6.07 Å².